The van der Waals surface area contributed by atoms with E-state index in [4.69, 9.17) is 14.9 Å². The number of nitrogens with zero attached hydrogens (tertiary/aromatic N) is 1. The molecular weight excluding hydrogens is 268 g/mol. The summed E-state index contributed by atoms with van der Waals surface area (Å²) in [7, 11) is 0. The second-order valence-electron chi connectivity index (χ2n) is 5.06. The molecule has 0 aliphatic carbocycles. The first-order chi connectivity index (χ1) is 10.3. The molecule has 1 unspecified atom stereocenters. The molecular formula is C16H18N2O3. The zero-order chi connectivity index (χ0) is 14.7. The fourth-order valence-corrected chi connectivity index (χ4v) is 2.58. The number of nitrogens with two attached hydrogens (primary N) is 1. The lowest BCUT2D eigenvalue weighted by Crippen LogP contribution is -2.39. The van der Waals surface area contributed by atoms with E-state index in [9.17, 15) is 4.79 Å². The molecule has 1 aromatic heterocycles. The summed E-state index contributed by atoms with van der Waals surface area (Å²) in [5.41, 5.74) is 5.70. The molecule has 3 rings (SSSR count). The normalized spacial score (nSPS) is 18.0. The van der Waals surface area contributed by atoms with Gasteiger partial charge in [0.15, 0.2) is 5.76 Å². The number of rotatable bonds is 4. The van der Waals surface area contributed by atoms with Crippen LogP contribution < -0.4 is 10.5 Å². The van der Waals surface area contributed by atoms with Gasteiger partial charge in [-0.25, -0.2) is 0 Å². The number of hydrogen-bond donors (Lipinski definition) is 1. The molecule has 0 radical (unpaired) electrons. The van der Waals surface area contributed by atoms with Crippen molar-refractivity contribution in [3.63, 3.8) is 0 Å². The SMILES string of the molecule is NCC1CCCN1C(=O)c1ccc(Oc2ccccc2)o1. The Bertz CT molecular complexity index is 609. The van der Waals surface area contributed by atoms with Crippen molar-refractivity contribution in [3.05, 3.63) is 48.2 Å². The molecule has 5 nitrogen and oxygen atoms in total. The molecule has 110 valence electrons. The number of carbonyl (C=O) groups is 1. The first-order valence-corrected chi connectivity index (χ1v) is 7.11. The van der Waals surface area contributed by atoms with Crippen molar-refractivity contribution in [2.75, 3.05) is 13.1 Å². The maximum Gasteiger partial charge on any atom is 0.290 e. The zero-order valence-electron chi connectivity index (χ0n) is 11.7. The van der Waals surface area contributed by atoms with Gasteiger partial charge in [0.25, 0.3) is 11.9 Å². The highest BCUT2D eigenvalue weighted by Gasteiger charge is 2.30. The van der Waals surface area contributed by atoms with Crippen molar-refractivity contribution in [1.82, 2.24) is 4.90 Å². The van der Waals surface area contributed by atoms with E-state index in [1.807, 2.05) is 30.3 Å². The average Bonchev–Trinajstić information content (AvgIpc) is 3.16. The minimum atomic E-state index is -0.120. The number of likely N-dealkylation sites (tertiary alicyclic amines) is 1. The highest BCUT2D eigenvalue weighted by molar-refractivity contribution is 5.92. The molecule has 1 fully saturated rings. The summed E-state index contributed by atoms with van der Waals surface area (Å²) in [5, 5.41) is 0. The van der Waals surface area contributed by atoms with Crippen LogP contribution in [-0.4, -0.2) is 29.9 Å². The van der Waals surface area contributed by atoms with Gasteiger partial charge in [0.1, 0.15) is 5.75 Å². The molecule has 21 heavy (non-hydrogen) atoms. The minimum Gasteiger partial charge on any atom is -0.426 e. The van der Waals surface area contributed by atoms with Crippen LogP contribution in [-0.2, 0) is 0 Å². The van der Waals surface area contributed by atoms with Gasteiger partial charge in [-0.1, -0.05) is 18.2 Å². The maximum atomic E-state index is 12.4. The predicted molar refractivity (Wildman–Crippen MR) is 78.3 cm³/mol. The van der Waals surface area contributed by atoms with Crippen LogP contribution in [0.1, 0.15) is 23.4 Å². The summed E-state index contributed by atoms with van der Waals surface area (Å²) in [4.78, 5) is 14.2. The van der Waals surface area contributed by atoms with Gasteiger partial charge >= 0.3 is 0 Å². The maximum absolute atomic E-state index is 12.4. The smallest absolute Gasteiger partial charge is 0.290 e. The predicted octanol–water partition coefficient (Wildman–Crippen LogP) is 2.64. The molecule has 0 bridgehead atoms. The summed E-state index contributed by atoms with van der Waals surface area (Å²) in [6.45, 7) is 1.22. The molecule has 1 aliphatic heterocycles. The topological polar surface area (TPSA) is 68.7 Å². The van der Waals surface area contributed by atoms with E-state index in [1.165, 1.54) is 0 Å². The van der Waals surface area contributed by atoms with Crippen LogP contribution in [0.3, 0.4) is 0 Å². The Morgan fingerprint density at radius 3 is 2.86 bits per heavy atom. The highest BCUT2D eigenvalue weighted by Crippen LogP contribution is 2.26. The Balaban J connectivity index is 1.71. The van der Waals surface area contributed by atoms with E-state index >= 15 is 0 Å². The Kier molecular flexibility index (Phi) is 3.92. The second-order valence-corrected chi connectivity index (χ2v) is 5.06. The number of ether oxygens (including phenoxy) is 1. The van der Waals surface area contributed by atoms with Crippen LogP contribution in [0.2, 0.25) is 0 Å². The summed E-state index contributed by atoms with van der Waals surface area (Å²) in [6.07, 6.45) is 1.94. The summed E-state index contributed by atoms with van der Waals surface area (Å²) in [5.74, 6) is 1.16. The van der Waals surface area contributed by atoms with Crippen LogP contribution >= 0.6 is 0 Å². The van der Waals surface area contributed by atoms with Gasteiger partial charge in [0, 0.05) is 25.2 Å². The third kappa shape index (κ3) is 2.92. The van der Waals surface area contributed by atoms with E-state index in [0.717, 1.165) is 19.4 Å². The molecule has 0 spiro atoms. The summed E-state index contributed by atoms with van der Waals surface area (Å²) >= 11 is 0. The average molecular weight is 286 g/mol. The lowest BCUT2D eigenvalue weighted by atomic mass is 10.2. The van der Waals surface area contributed by atoms with Crippen molar-refractivity contribution < 1.29 is 13.9 Å². The van der Waals surface area contributed by atoms with Gasteiger partial charge in [-0.3, -0.25) is 4.79 Å². The molecule has 2 aromatic rings. The Morgan fingerprint density at radius 1 is 1.29 bits per heavy atom. The van der Waals surface area contributed by atoms with Crippen LogP contribution in [0.25, 0.3) is 0 Å². The highest BCUT2D eigenvalue weighted by atomic mass is 16.6. The minimum absolute atomic E-state index is 0.112. The van der Waals surface area contributed by atoms with Gasteiger partial charge in [0.05, 0.1) is 0 Å². The quantitative estimate of drug-likeness (QED) is 0.938. The van der Waals surface area contributed by atoms with E-state index in [1.54, 1.807) is 17.0 Å². The van der Waals surface area contributed by atoms with Gasteiger partial charge in [0.2, 0.25) is 0 Å². The van der Waals surface area contributed by atoms with Crippen molar-refractivity contribution in [2.45, 2.75) is 18.9 Å². The fraction of sp³-hybridized carbons (Fsp3) is 0.312. The molecule has 2 N–H and O–H groups in total. The lowest BCUT2D eigenvalue weighted by Gasteiger charge is -2.22. The first kappa shape index (κ1) is 13.7. The fourth-order valence-electron chi connectivity index (χ4n) is 2.58. The van der Waals surface area contributed by atoms with E-state index in [2.05, 4.69) is 0 Å². The van der Waals surface area contributed by atoms with Gasteiger partial charge in [-0.2, -0.15) is 0 Å². The number of furan rings is 1. The van der Waals surface area contributed by atoms with Crippen molar-refractivity contribution in [3.8, 4) is 11.7 Å². The summed E-state index contributed by atoms with van der Waals surface area (Å²) in [6, 6.07) is 12.7. The monoisotopic (exact) mass is 286 g/mol. The van der Waals surface area contributed by atoms with E-state index in [0.29, 0.717) is 24.0 Å². The molecule has 1 aliphatic rings. The second kappa shape index (κ2) is 6.01. The third-order valence-electron chi connectivity index (χ3n) is 3.66. The number of amides is 1. The molecule has 0 saturated carbocycles. The Labute approximate surface area is 123 Å². The zero-order valence-corrected chi connectivity index (χ0v) is 11.7. The molecule has 1 atom stereocenters. The summed E-state index contributed by atoms with van der Waals surface area (Å²) < 4.78 is 11.1. The number of hydrogen-bond acceptors (Lipinski definition) is 4. The van der Waals surface area contributed by atoms with Crippen LogP contribution in [0.5, 0.6) is 11.7 Å². The van der Waals surface area contributed by atoms with Gasteiger partial charge in [-0.15, -0.1) is 0 Å². The molecule has 1 saturated heterocycles. The lowest BCUT2D eigenvalue weighted by molar-refractivity contribution is 0.0704. The Hall–Kier alpha value is -2.27. The van der Waals surface area contributed by atoms with E-state index < -0.39 is 0 Å². The first-order valence-electron chi connectivity index (χ1n) is 7.11. The largest absolute Gasteiger partial charge is 0.426 e. The number of carbonyl (C=O) groups excluding carboxylic acids is 1. The van der Waals surface area contributed by atoms with Crippen molar-refractivity contribution >= 4 is 5.91 Å². The van der Waals surface area contributed by atoms with Crippen LogP contribution in [0.15, 0.2) is 46.9 Å². The Morgan fingerprint density at radius 2 is 2.10 bits per heavy atom. The van der Waals surface area contributed by atoms with Gasteiger partial charge < -0.3 is 19.8 Å². The van der Waals surface area contributed by atoms with E-state index in [-0.39, 0.29) is 11.9 Å². The molecule has 1 aromatic carbocycles. The number of benzene rings is 1. The molecule has 1 amide bonds. The molecule has 2 heterocycles. The van der Waals surface area contributed by atoms with Crippen molar-refractivity contribution in [1.29, 1.82) is 0 Å². The van der Waals surface area contributed by atoms with Crippen LogP contribution in [0.4, 0.5) is 0 Å². The standard InChI is InChI=1S/C16H18N2O3/c17-11-12-5-4-10-18(12)16(19)14-8-9-15(21-14)20-13-6-2-1-3-7-13/h1-3,6-9,12H,4-5,10-11,17H2. The number of para-hydroxylation sites is 1. The van der Waals surface area contributed by atoms with Crippen molar-refractivity contribution in [2.24, 2.45) is 5.73 Å². The van der Waals surface area contributed by atoms with Crippen LogP contribution in [0, 0.1) is 0 Å². The van der Waals surface area contributed by atoms with Gasteiger partial charge in [-0.05, 0) is 31.0 Å². The molecule has 5 heteroatoms. The third-order valence-corrected chi connectivity index (χ3v) is 3.66.